The van der Waals surface area contributed by atoms with Crippen molar-refractivity contribution < 1.29 is 24.4 Å². The van der Waals surface area contributed by atoms with Crippen LogP contribution >= 0.6 is 0 Å². The fraction of sp³-hybridized carbons (Fsp3) is 0.308. The Bertz CT molecular complexity index is 640. The van der Waals surface area contributed by atoms with Crippen LogP contribution < -0.4 is 0 Å². The van der Waals surface area contributed by atoms with Gasteiger partial charge in [-0.1, -0.05) is 6.07 Å². The van der Waals surface area contributed by atoms with Crippen LogP contribution in [0.25, 0.3) is 0 Å². The molecule has 21 heavy (non-hydrogen) atoms. The largest absolute Gasteiger partial charge is 0.481 e. The third-order valence-corrected chi connectivity index (χ3v) is 3.20. The van der Waals surface area contributed by atoms with Crippen molar-refractivity contribution in [2.75, 3.05) is 6.54 Å². The number of hydrogen-bond acceptors (Lipinski definition) is 5. The number of nitro groups is 1. The molecule has 1 N–H and O–H groups in total. The van der Waals surface area contributed by atoms with Crippen molar-refractivity contribution in [2.45, 2.75) is 19.3 Å². The summed E-state index contributed by atoms with van der Waals surface area (Å²) in [6.07, 6.45) is 0.611. The predicted molar refractivity (Wildman–Crippen MR) is 70.0 cm³/mol. The summed E-state index contributed by atoms with van der Waals surface area (Å²) in [5.41, 5.74) is -0.558. The Hall–Kier alpha value is -2.77. The molecule has 1 aliphatic rings. The van der Waals surface area contributed by atoms with Gasteiger partial charge in [0.2, 0.25) is 0 Å². The van der Waals surface area contributed by atoms with Gasteiger partial charge in [-0.15, -0.1) is 0 Å². The third kappa shape index (κ3) is 2.73. The highest BCUT2D eigenvalue weighted by Crippen LogP contribution is 2.30. The number of aliphatic carboxylic acids is 1. The molecule has 0 fully saturated rings. The zero-order chi connectivity index (χ0) is 15.6. The van der Waals surface area contributed by atoms with E-state index in [-0.39, 0.29) is 29.8 Å². The highest BCUT2D eigenvalue weighted by molar-refractivity contribution is 6.23. The van der Waals surface area contributed by atoms with Crippen molar-refractivity contribution >= 4 is 23.5 Å². The summed E-state index contributed by atoms with van der Waals surface area (Å²) in [5, 5.41) is 19.4. The molecule has 0 aliphatic carbocycles. The van der Waals surface area contributed by atoms with E-state index in [9.17, 15) is 24.5 Å². The lowest BCUT2D eigenvalue weighted by molar-refractivity contribution is -0.385. The predicted octanol–water partition coefficient (Wildman–Crippen LogP) is 1.45. The number of rotatable bonds is 6. The van der Waals surface area contributed by atoms with Crippen LogP contribution in [0.2, 0.25) is 0 Å². The van der Waals surface area contributed by atoms with E-state index in [1.807, 2.05) is 0 Å². The average molecular weight is 292 g/mol. The fourth-order valence-corrected chi connectivity index (χ4v) is 2.22. The first-order valence-electron chi connectivity index (χ1n) is 6.29. The summed E-state index contributed by atoms with van der Waals surface area (Å²) < 4.78 is 0. The van der Waals surface area contributed by atoms with E-state index in [1.54, 1.807) is 0 Å². The lowest BCUT2D eigenvalue weighted by Crippen LogP contribution is -2.30. The molecule has 1 aromatic rings. The van der Waals surface area contributed by atoms with Crippen molar-refractivity contribution in [3.05, 3.63) is 39.4 Å². The van der Waals surface area contributed by atoms with Crippen LogP contribution in [-0.4, -0.2) is 39.3 Å². The molecule has 0 aromatic heterocycles. The van der Waals surface area contributed by atoms with Crippen molar-refractivity contribution in [1.82, 2.24) is 4.90 Å². The van der Waals surface area contributed by atoms with Crippen LogP contribution in [0.5, 0.6) is 0 Å². The molecule has 0 saturated heterocycles. The quantitative estimate of drug-likeness (QED) is 0.367. The first-order chi connectivity index (χ1) is 9.93. The molecule has 0 spiro atoms. The van der Waals surface area contributed by atoms with Gasteiger partial charge in [0.15, 0.2) is 0 Å². The number of carbonyl (C=O) groups is 3. The molecule has 8 nitrogen and oxygen atoms in total. The van der Waals surface area contributed by atoms with Crippen LogP contribution in [0.15, 0.2) is 18.2 Å². The molecule has 1 heterocycles. The van der Waals surface area contributed by atoms with Crippen molar-refractivity contribution in [1.29, 1.82) is 0 Å². The maximum atomic E-state index is 12.1. The second-order valence-electron chi connectivity index (χ2n) is 4.57. The van der Waals surface area contributed by atoms with E-state index < -0.39 is 22.7 Å². The van der Waals surface area contributed by atoms with Crippen LogP contribution in [0, 0.1) is 10.1 Å². The fourth-order valence-electron chi connectivity index (χ4n) is 2.22. The number of imide groups is 1. The Kier molecular flexibility index (Phi) is 3.97. The second-order valence-corrected chi connectivity index (χ2v) is 4.57. The Balaban J connectivity index is 2.17. The van der Waals surface area contributed by atoms with Gasteiger partial charge < -0.3 is 5.11 Å². The number of carbonyl (C=O) groups excluding carboxylic acids is 2. The van der Waals surface area contributed by atoms with Crippen LogP contribution in [0.4, 0.5) is 5.69 Å². The van der Waals surface area contributed by atoms with E-state index in [1.165, 1.54) is 18.2 Å². The third-order valence-electron chi connectivity index (χ3n) is 3.20. The number of carboxylic acid groups (broad SMARTS) is 1. The van der Waals surface area contributed by atoms with Crippen LogP contribution in [0.1, 0.15) is 40.0 Å². The van der Waals surface area contributed by atoms with Gasteiger partial charge in [0, 0.05) is 19.0 Å². The van der Waals surface area contributed by atoms with Gasteiger partial charge >= 0.3 is 5.97 Å². The molecule has 2 amide bonds. The van der Waals surface area contributed by atoms with E-state index >= 15 is 0 Å². The molecule has 0 unspecified atom stereocenters. The van der Waals surface area contributed by atoms with Gasteiger partial charge in [0.05, 0.1) is 10.5 Å². The summed E-state index contributed by atoms with van der Waals surface area (Å²) in [6, 6.07) is 3.91. The SMILES string of the molecule is O=C(O)CCCCN1C(=O)c2cccc([N+](=O)[O-])c2C1=O. The molecule has 2 rings (SSSR count). The summed E-state index contributed by atoms with van der Waals surface area (Å²) in [5.74, 6) is -2.22. The minimum absolute atomic E-state index is 0.0208. The van der Waals surface area contributed by atoms with Gasteiger partial charge in [0.1, 0.15) is 5.56 Å². The number of hydrogen-bond donors (Lipinski definition) is 1. The zero-order valence-corrected chi connectivity index (χ0v) is 10.9. The Morgan fingerprint density at radius 1 is 1.24 bits per heavy atom. The van der Waals surface area contributed by atoms with E-state index in [0.29, 0.717) is 12.8 Å². The smallest absolute Gasteiger partial charge is 0.303 e. The number of nitrogens with zero attached hydrogens (tertiary/aromatic N) is 2. The molecular formula is C13H12N2O6. The molecule has 0 atom stereocenters. The van der Waals surface area contributed by atoms with E-state index in [0.717, 1.165) is 4.90 Å². The molecule has 110 valence electrons. The normalized spacial score (nSPS) is 13.4. The van der Waals surface area contributed by atoms with Crippen molar-refractivity contribution in [3.8, 4) is 0 Å². The first-order valence-corrected chi connectivity index (χ1v) is 6.29. The highest BCUT2D eigenvalue weighted by atomic mass is 16.6. The Labute approximate surface area is 119 Å². The first kappa shape index (κ1) is 14.6. The van der Waals surface area contributed by atoms with Crippen LogP contribution in [-0.2, 0) is 4.79 Å². The zero-order valence-electron chi connectivity index (χ0n) is 10.9. The topological polar surface area (TPSA) is 118 Å². The van der Waals surface area contributed by atoms with Gasteiger partial charge in [-0.05, 0) is 18.9 Å². The van der Waals surface area contributed by atoms with E-state index in [2.05, 4.69) is 0 Å². The highest BCUT2D eigenvalue weighted by Gasteiger charge is 2.40. The van der Waals surface area contributed by atoms with Gasteiger partial charge in [-0.2, -0.15) is 0 Å². The van der Waals surface area contributed by atoms with E-state index in [4.69, 9.17) is 5.11 Å². The summed E-state index contributed by atoms with van der Waals surface area (Å²) >= 11 is 0. The number of unbranched alkanes of at least 4 members (excludes halogenated alkanes) is 1. The van der Waals surface area contributed by atoms with Gasteiger partial charge in [0.25, 0.3) is 17.5 Å². The van der Waals surface area contributed by atoms with Gasteiger partial charge in [-0.25, -0.2) is 0 Å². The molecule has 0 bridgehead atoms. The maximum Gasteiger partial charge on any atom is 0.303 e. The molecular weight excluding hydrogens is 280 g/mol. The standard InChI is InChI=1S/C13H12N2O6/c16-10(17)6-1-2-7-14-12(18)8-4-3-5-9(15(20)21)11(8)13(14)19/h3-5H,1-2,6-7H2,(H,16,17). The number of amides is 2. The van der Waals surface area contributed by atoms with Gasteiger partial charge in [-0.3, -0.25) is 29.4 Å². The minimum atomic E-state index is -0.951. The molecule has 1 aromatic carbocycles. The van der Waals surface area contributed by atoms with Crippen molar-refractivity contribution in [3.63, 3.8) is 0 Å². The molecule has 8 heteroatoms. The monoisotopic (exact) mass is 292 g/mol. The molecule has 0 radical (unpaired) electrons. The molecule has 1 aliphatic heterocycles. The summed E-state index contributed by atoms with van der Waals surface area (Å²) in [4.78, 5) is 45.8. The number of benzene rings is 1. The van der Waals surface area contributed by atoms with Crippen molar-refractivity contribution in [2.24, 2.45) is 0 Å². The lowest BCUT2D eigenvalue weighted by Gasteiger charge is -2.12. The maximum absolute atomic E-state index is 12.1. The minimum Gasteiger partial charge on any atom is -0.481 e. The number of nitro benzene ring substituents is 1. The number of fused-ring (bicyclic) bond motifs is 1. The Morgan fingerprint density at radius 2 is 1.95 bits per heavy atom. The summed E-state index contributed by atoms with van der Waals surface area (Å²) in [6.45, 7) is 0.0524. The number of carboxylic acids is 1. The second kappa shape index (κ2) is 5.70. The van der Waals surface area contributed by atoms with Crippen LogP contribution in [0.3, 0.4) is 0 Å². The summed E-state index contributed by atoms with van der Waals surface area (Å²) in [7, 11) is 0. The average Bonchev–Trinajstić information content (AvgIpc) is 2.67. The lowest BCUT2D eigenvalue weighted by atomic mass is 10.1. The molecule has 0 saturated carbocycles. The Morgan fingerprint density at radius 3 is 2.57 bits per heavy atom.